The maximum atomic E-state index is 10.8. The molecule has 0 saturated heterocycles. The maximum Gasteiger partial charge on any atom is 0.335 e. The molecule has 0 saturated carbocycles. The average Bonchev–Trinajstić information content (AvgIpc) is 2.35. The van der Waals surface area contributed by atoms with E-state index in [0.29, 0.717) is 0 Å². The van der Waals surface area contributed by atoms with Crippen molar-refractivity contribution in [1.29, 1.82) is 0 Å². The van der Waals surface area contributed by atoms with Crippen molar-refractivity contribution in [3.05, 3.63) is 41.4 Å². The first-order valence-corrected chi connectivity index (χ1v) is 5.65. The van der Waals surface area contributed by atoms with Crippen LogP contribution in [0.1, 0.15) is 49.3 Å². The van der Waals surface area contributed by atoms with E-state index in [-0.39, 0.29) is 11.6 Å². The molecule has 17 heavy (non-hydrogen) atoms. The zero-order valence-corrected chi connectivity index (χ0v) is 10.4. The highest BCUT2D eigenvalue weighted by Crippen LogP contribution is 2.11. The Morgan fingerprint density at radius 2 is 2.35 bits per heavy atom. The summed E-state index contributed by atoms with van der Waals surface area (Å²) in [5.74, 6) is -0.930. The van der Waals surface area contributed by atoms with E-state index >= 15 is 0 Å². The number of nitrogens with zero attached hydrogens (tertiary/aromatic N) is 1. The van der Waals surface area contributed by atoms with Crippen LogP contribution in [0, 0.1) is 0 Å². The molecule has 92 valence electrons. The Balaban J connectivity index is 2.78. The minimum atomic E-state index is -0.930. The normalized spacial score (nSPS) is 13.2. The molecule has 0 amide bonds. The van der Waals surface area contributed by atoms with Crippen molar-refractivity contribution in [2.24, 2.45) is 0 Å². The number of pyridine rings is 1. The monoisotopic (exact) mass is 234 g/mol. The molecule has 1 heterocycles. The van der Waals surface area contributed by atoms with E-state index in [1.807, 2.05) is 20.0 Å². The Morgan fingerprint density at radius 3 is 2.94 bits per heavy atom. The topological polar surface area (TPSA) is 62.2 Å². The molecule has 4 heteroatoms. The number of allylic oxidation sites excluding steroid dienone is 1. The highest BCUT2D eigenvalue weighted by Gasteiger charge is 2.08. The number of nitrogens with one attached hydrogen (secondary N) is 1. The third-order valence-corrected chi connectivity index (χ3v) is 2.61. The Labute approximate surface area is 101 Å². The third-order valence-electron chi connectivity index (χ3n) is 2.61. The maximum absolute atomic E-state index is 10.8. The molecule has 0 bridgehead atoms. The fourth-order valence-electron chi connectivity index (χ4n) is 1.27. The standard InChI is InChI=1S/C13H18N2O2/c1-4-9(2)8-15-10(3)12-7-11(13(16)17)5-6-14-12/h5-8,10,15H,4H2,1-3H3,(H,16,17)/b9-8+. The van der Waals surface area contributed by atoms with Gasteiger partial charge < -0.3 is 10.4 Å². The summed E-state index contributed by atoms with van der Waals surface area (Å²) in [5, 5.41) is 12.1. The van der Waals surface area contributed by atoms with Gasteiger partial charge in [0.1, 0.15) is 0 Å². The number of rotatable bonds is 5. The Bertz CT molecular complexity index is 427. The van der Waals surface area contributed by atoms with Crippen LogP contribution in [0.5, 0.6) is 0 Å². The van der Waals surface area contributed by atoms with Crippen molar-refractivity contribution in [3.8, 4) is 0 Å². The van der Waals surface area contributed by atoms with Crippen LogP contribution in [-0.4, -0.2) is 16.1 Å². The zero-order chi connectivity index (χ0) is 12.8. The van der Waals surface area contributed by atoms with Gasteiger partial charge in [-0.1, -0.05) is 12.5 Å². The molecule has 1 aromatic heterocycles. The Morgan fingerprint density at radius 1 is 1.65 bits per heavy atom. The predicted molar refractivity (Wildman–Crippen MR) is 66.8 cm³/mol. The van der Waals surface area contributed by atoms with E-state index in [4.69, 9.17) is 5.11 Å². The smallest absolute Gasteiger partial charge is 0.335 e. The van der Waals surface area contributed by atoms with Crippen LogP contribution < -0.4 is 5.32 Å². The van der Waals surface area contributed by atoms with Crippen molar-refractivity contribution in [2.45, 2.75) is 33.2 Å². The minimum Gasteiger partial charge on any atom is -0.478 e. The molecule has 1 rings (SSSR count). The molecule has 0 radical (unpaired) electrons. The van der Waals surface area contributed by atoms with Crippen LogP contribution >= 0.6 is 0 Å². The van der Waals surface area contributed by atoms with Crippen LogP contribution in [0.3, 0.4) is 0 Å². The van der Waals surface area contributed by atoms with E-state index in [2.05, 4.69) is 17.2 Å². The lowest BCUT2D eigenvalue weighted by atomic mass is 10.1. The second-order valence-corrected chi connectivity index (χ2v) is 4.01. The lowest BCUT2D eigenvalue weighted by Crippen LogP contribution is -2.14. The van der Waals surface area contributed by atoms with Crippen LogP contribution in [-0.2, 0) is 0 Å². The fourth-order valence-corrected chi connectivity index (χ4v) is 1.27. The van der Waals surface area contributed by atoms with Crippen molar-refractivity contribution < 1.29 is 9.90 Å². The molecular formula is C13H18N2O2. The number of carbonyl (C=O) groups is 1. The first-order valence-electron chi connectivity index (χ1n) is 5.65. The second kappa shape index (κ2) is 6.03. The number of carboxylic acids is 1. The molecule has 4 nitrogen and oxygen atoms in total. The molecule has 1 aromatic rings. The van der Waals surface area contributed by atoms with E-state index in [0.717, 1.165) is 12.1 Å². The van der Waals surface area contributed by atoms with Gasteiger partial charge in [-0.25, -0.2) is 4.79 Å². The lowest BCUT2D eigenvalue weighted by molar-refractivity contribution is 0.0696. The number of hydrogen-bond donors (Lipinski definition) is 2. The van der Waals surface area contributed by atoms with Gasteiger partial charge in [-0.2, -0.15) is 0 Å². The third kappa shape index (κ3) is 3.90. The molecule has 1 unspecified atom stereocenters. The van der Waals surface area contributed by atoms with Gasteiger partial charge in [0.25, 0.3) is 0 Å². The number of aromatic carboxylic acids is 1. The number of hydrogen-bond acceptors (Lipinski definition) is 3. The van der Waals surface area contributed by atoms with Crippen LogP contribution in [0.15, 0.2) is 30.1 Å². The summed E-state index contributed by atoms with van der Waals surface area (Å²) in [7, 11) is 0. The summed E-state index contributed by atoms with van der Waals surface area (Å²) in [5.41, 5.74) is 2.23. The predicted octanol–water partition coefficient (Wildman–Crippen LogP) is 2.74. The van der Waals surface area contributed by atoms with E-state index in [1.54, 1.807) is 6.07 Å². The van der Waals surface area contributed by atoms with Gasteiger partial charge in [0.05, 0.1) is 17.3 Å². The van der Waals surface area contributed by atoms with Crippen LogP contribution in [0.25, 0.3) is 0 Å². The highest BCUT2D eigenvalue weighted by molar-refractivity contribution is 5.87. The summed E-state index contributed by atoms with van der Waals surface area (Å²) in [4.78, 5) is 15.0. The molecule has 0 aliphatic rings. The fraction of sp³-hybridized carbons (Fsp3) is 0.385. The van der Waals surface area contributed by atoms with E-state index < -0.39 is 5.97 Å². The van der Waals surface area contributed by atoms with Crippen molar-refractivity contribution in [2.75, 3.05) is 0 Å². The minimum absolute atomic E-state index is 0.00389. The summed E-state index contributed by atoms with van der Waals surface area (Å²) in [6.45, 7) is 6.08. The van der Waals surface area contributed by atoms with E-state index in [9.17, 15) is 4.79 Å². The van der Waals surface area contributed by atoms with Gasteiger partial charge in [-0.3, -0.25) is 4.98 Å². The second-order valence-electron chi connectivity index (χ2n) is 4.01. The molecule has 0 aromatic carbocycles. The molecule has 0 fully saturated rings. The average molecular weight is 234 g/mol. The highest BCUT2D eigenvalue weighted by atomic mass is 16.4. The van der Waals surface area contributed by atoms with Gasteiger partial charge in [-0.15, -0.1) is 0 Å². The van der Waals surface area contributed by atoms with Crippen molar-refractivity contribution in [3.63, 3.8) is 0 Å². The van der Waals surface area contributed by atoms with Gasteiger partial charge >= 0.3 is 5.97 Å². The van der Waals surface area contributed by atoms with Crippen molar-refractivity contribution in [1.82, 2.24) is 10.3 Å². The first-order chi connectivity index (χ1) is 8.04. The van der Waals surface area contributed by atoms with Gasteiger partial charge in [0, 0.05) is 6.20 Å². The summed E-state index contributed by atoms with van der Waals surface area (Å²) in [6.07, 6.45) is 4.45. The zero-order valence-electron chi connectivity index (χ0n) is 10.4. The Kier molecular flexibility index (Phi) is 4.69. The summed E-state index contributed by atoms with van der Waals surface area (Å²) < 4.78 is 0. The molecule has 0 spiro atoms. The van der Waals surface area contributed by atoms with Gasteiger partial charge in [0.2, 0.25) is 0 Å². The summed E-state index contributed by atoms with van der Waals surface area (Å²) in [6, 6.07) is 3.08. The molecule has 2 N–H and O–H groups in total. The molecule has 0 aliphatic carbocycles. The molecular weight excluding hydrogens is 216 g/mol. The van der Waals surface area contributed by atoms with Crippen molar-refractivity contribution >= 4 is 5.97 Å². The summed E-state index contributed by atoms with van der Waals surface area (Å²) >= 11 is 0. The SMILES string of the molecule is CC/C(C)=C/NC(C)c1cc(C(=O)O)ccn1. The van der Waals surface area contributed by atoms with Crippen LogP contribution in [0.4, 0.5) is 0 Å². The van der Waals surface area contributed by atoms with Crippen LogP contribution in [0.2, 0.25) is 0 Å². The number of aromatic nitrogens is 1. The van der Waals surface area contributed by atoms with E-state index in [1.165, 1.54) is 17.8 Å². The van der Waals surface area contributed by atoms with Gasteiger partial charge in [0.15, 0.2) is 0 Å². The molecule has 0 aliphatic heterocycles. The quantitative estimate of drug-likeness (QED) is 0.822. The Hall–Kier alpha value is -1.84. The number of carboxylic acid groups (broad SMARTS) is 1. The largest absolute Gasteiger partial charge is 0.478 e. The molecule has 1 atom stereocenters. The van der Waals surface area contributed by atoms with Gasteiger partial charge in [-0.05, 0) is 38.6 Å². The first kappa shape index (κ1) is 13.2. The lowest BCUT2D eigenvalue weighted by Gasteiger charge is -2.12.